The van der Waals surface area contributed by atoms with Crippen LogP contribution >= 0.6 is 0 Å². The molecule has 0 unspecified atom stereocenters. The van der Waals surface area contributed by atoms with Crippen LogP contribution in [0.4, 0.5) is 0 Å². The van der Waals surface area contributed by atoms with Gasteiger partial charge in [0.1, 0.15) is 5.75 Å². The molecule has 2 N–H and O–H groups in total. The first kappa shape index (κ1) is 12.6. The Morgan fingerprint density at radius 3 is 2.78 bits per heavy atom. The van der Waals surface area contributed by atoms with Crippen LogP contribution in [0.3, 0.4) is 0 Å². The summed E-state index contributed by atoms with van der Waals surface area (Å²) in [6, 6.07) is 11.8. The molecule has 2 aromatic rings. The summed E-state index contributed by atoms with van der Waals surface area (Å²) in [6.45, 7) is 4.05. The predicted octanol–water partition coefficient (Wildman–Crippen LogP) is 3.46. The summed E-state index contributed by atoms with van der Waals surface area (Å²) >= 11 is 0. The Morgan fingerprint density at radius 1 is 1.28 bits per heavy atom. The van der Waals surface area contributed by atoms with Crippen molar-refractivity contribution in [3.05, 3.63) is 53.7 Å². The average molecular weight is 242 g/mol. The third kappa shape index (κ3) is 2.87. The molecule has 0 bridgehead atoms. The molecule has 0 fully saturated rings. The highest BCUT2D eigenvalue weighted by Gasteiger charge is 2.06. The van der Waals surface area contributed by atoms with Crippen LogP contribution in [0.1, 0.15) is 31.0 Å². The van der Waals surface area contributed by atoms with E-state index in [1.165, 1.54) is 5.56 Å². The predicted molar refractivity (Wildman–Crippen MR) is 72.7 cm³/mol. The molecule has 0 amide bonds. The average Bonchev–Trinajstić information content (AvgIpc) is 2.39. The van der Waals surface area contributed by atoms with Crippen molar-refractivity contribution < 1.29 is 4.74 Å². The molecule has 0 saturated heterocycles. The number of para-hydroxylation sites is 1. The van der Waals surface area contributed by atoms with E-state index in [0.29, 0.717) is 5.88 Å². The van der Waals surface area contributed by atoms with Gasteiger partial charge in [-0.1, -0.05) is 25.1 Å². The van der Waals surface area contributed by atoms with Crippen molar-refractivity contribution in [2.45, 2.75) is 26.3 Å². The normalized spacial score (nSPS) is 12.2. The fourth-order valence-corrected chi connectivity index (χ4v) is 1.77. The fraction of sp³-hybridized carbons (Fsp3) is 0.267. The molecule has 1 atom stereocenters. The maximum Gasteiger partial charge on any atom is 0.219 e. The fourth-order valence-electron chi connectivity index (χ4n) is 1.77. The minimum atomic E-state index is -0.0169. The summed E-state index contributed by atoms with van der Waals surface area (Å²) in [7, 11) is 0. The van der Waals surface area contributed by atoms with Crippen molar-refractivity contribution in [3.8, 4) is 11.6 Å². The van der Waals surface area contributed by atoms with Gasteiger partial charge in [-0.15, -0.1) is 0 Å². The Hall–Kier alpha value is -1.87. The summed E-state index contributed by atoms with van der Waals surface area (Å²) in [4.78, 5) is 4.21. The van der Waals surface area contributed by atoms with E-state index in [0.717, 1.165) is 17.7 Å². The van der Waals surface area contributed by atoms with Crippen molar-refractivity contribution in [3.63, 3.8) is 0 Å². The van der Waals surface area contributed by atoms with Gasteiger partial charge in [0.25, 0.3) is 0 Å². The number of hydrogen-bond donors (Lipinski definition) is 1. The largest absolute Gasteiger partial charge is 0.439 e. The van der Waals surface area contributed by atoms with Gasteiger partial charge in [-0.25, -0.2) is 4.98 Å². The molecule has 1 aromatic carbocycles. The van der Waals surface area contributed by atoms with Crippen molar-refractivity contribution in [2.24, 2.45) is 5.73 Å². The first-order chi connectivity index (χ1) is 8.70. The second-order valence-corrected chi connectivity index (χ2v) is 4.28. The molecule has 94 valence electrons. The van der Waals surface area contributed by atoms with Crippen LogP contribution in [0.2, 0.25) is 0 Å². The number of pyridine rings is 1. The number of hydrogen-bond acceptors (Lipinski definition) is 3. The van der Waals surface area contributed by atoms with Crippen molar-refractivity contribution in [1.29, 1.82) is 0 Å². The topological polar surface area (TPSA) is 48.1 Å². The summed E-state index contributed by atoms with van der Waals surface area (Å²) in [5.74, 6) is 1.44. The zero-order chi connectivity index (χ0) is 13.0. The summed E-state index contributed by atoms with van der Waals surface area (Å²) in [5, 5.41) is 0. The number of ether oxygens (including phenoxy) is 1. The monoisotopic (exact) mass is 242 g/mol. The molecule has 0 aliphatic carbocycles. The minimum absolute atomic E-state index is 0.0169. The molecular weight excluding hydrogens is 224 g/mol. The van der Waals surface area contributed by atoms with Gasteiger partial charge in [-0.3, -0.25) is 0 Å². The van der Waals surface area contributed by atoms with Gasteiger partial charge in [-0.2, -0.15) is 0 Å². The molecule has 0 radical (unpaired) electrons. The Kier molecular flexibility index (Phi) is 3.95. The first-order valence-electron chi connectivity index (χ1n) is 6.18. The number of nitrogens with two attached hydrogens (primary N) is 1. The van der Waals surface area contributed by atoms with Gasteiger partial charge in [0, 0.05) is 18.3 Å². The summed E-state index contributed by atoms with van der Waals surface area (Å²) in [5.41, 5.74) is 8.04. The smallest absolute Gasteiger partial charge is 0.219 e. The lowest BCUT2D eigenvalue weighted by atomic mass is 10.1. The molecule has 1 heterocycles. The third-order valence-corrected chi connectivity index (χ3v) is 2.85. The molecule has 0 aliphatic heterocycles. The Morgan fingerprint density at radius 2 is 2.06 bits per heavy atom. The zero-order valence-electron chi connectivity index (χ0n) is 10.8. The quantitative estimate of drug-likeness (QED) is 0.893. The summed E-state index contributed by atoms with van der Waals surface area (Å²) < 4.78 is 5.82. The van der Waals surface area contributed by atoms with Crippen LogP contribution in [0.15, 0.2) is 42.6 Å². The van der Waals surface area contributed by atoms with Gasteiger partial charge in [0.2, 0.25) is 5.88 Å². The highest BCUT2D eigenvalue weighted by molar-refractivity contribution is 5.36. The molecule has 18 heavy (non-hydrogen) atoms. The minimum Gasteiger partial charge on any atom is -0.439 e. The van der Waals surface area contributed by atoms with Gasteiger partial charge in [0.05, 0.1) is 0 Å². The molecule has 2 rings (SSSR count). The molecular formula is C15H18N2O. The van der Waals surface area contributed by atoms with E-state index >= 15 is 0 Å². The van der Waals surface area contributed by atoms with Crippen molar-refractivity contribution >= 4 is 0 Å². The lowest BCUT2D eigenvalue weighted by Gasteiger charge is -2.11. The van der Waals surface area contributed by atoms with Gasteiger partial charge in [-0.05, 0) is 36.6 Å². The SMILES string of the molecule is CCc1ccccc1Oc1cc([C@@H](C)N)ccn1. The second kappa shape index (κ2) is 5.65. The lowest BCUT2D eigenvalue weighted by molar-refractivity contribution is 0.456. The molecule has 3 nitrogen and oxygen atoms in total. The van der Waals surface area contributed by atoms with Gasteiger partial charge >= 0.3 is 0 Å². The Bertz CT molecular complexity index is 523. The van der Waals surface area contributed by atoms with E-state index in [4.69, 9.17) is 10.5 Å². The summed E-state index contributed by atoms with van der Waals surface area (Å²) in [6.07, 6.45) is 2.66. The number of benzene rings is 1. The van der Waals surface area contributed by atoms with Crippen LogP contribution in [-0.4, -0.2) is 4.98 Å². The Balaban J connectivity index is 2.25. The van der Waals surface area contributed by atoms with Gasteiger partial charge < -0.3 is 10.5 Å². The highest BCUT2D eigenvalue weighted by Crippen LogP contribution is 2.25. The van der Waals surface area contributed by atoms with Crippen LogP contribution in [-0.2, 0) is 6.42 Å². The molecule has 1 aromatic heterocycles. The zero-order valence-corrected chi connectivity index (χ0v) is 10.8. The van der Waals surface area contributed by atoms with Crippen molar-refractivity contribution in [1.82, 2.24) is 4.98 Å². The van der Waals surface area contributed by atoms with Crippen LogP contribution < -0.4 is 10.5 Å². The van der Waals surface area contributed by atoms with Gasteiger partial charge in [0.15, 0.2) is 0 Å². The third-order valence-electron chi connectivity index (χ3n) is 2.85. The first-order valence-corrected chi connectivity index (χ1v) is 6.18. The van der Waals surface area contributed by atoms with Crippen molar-refractivity contribution in [2.75, 3.05) is 0 Å². The van der Waals surface area contributed by atoms with E-state index in [-0.39, 0.29) is 6.04 Å². The van der Waals surface area contributed by atoms with Crippen LogP contribution in [0.5, 0.6) is 11.6 Å². The van der Waals surface area contributed by atoms with Crippen LogP contribution in [0, 0.1) is 0 Å². The standard InChI is InChI=1S/C15H18N2O/c1-3-12-6-4-5-7-14(12)18-15-10-13(11(2)16)8-9-17-15/h4-11H,3,16H2,1-2H3/t11-/m1/s1. The van der Waals surface area contributed by atoms with Crippen LogP contribution in [0.25, 0.3) is 0 Å². The maximum absolute atomic E-state index is 5.85. The number of rotatable bonds is 4. The maximum atomic E-state index is 5.85. The molecule has 3 heteroatoms. The highest BCUT2D eigenvalue weighted by atomic mass is 16.5. The Labute approximate surface area is 108 Å². The van der Waals surface area contributed by atoms with E-state index < -0.39 is 0 Å². The molecule has 0 saturated carbocycles. The lowest BCUT2D eigenvalue weighted by Crippen LogP contribution is -2.05. The number of nitrogens with zero attached hydrogens (tertiary/aromatic N) is 1. The van der Waals surface area contributed by atoms with E-state index in [1.807, 2.05) is 37.3 Å². The molecule has 0 spiro atoms. The number of aromatic nitrogens is 1. The van der Waals surface area contributed by atoms with E-state index in [1.54, 1.807) is 6.20 Å². The second-order valence-electron chi connectivity index (χ2n) is 4.28. The number of aryl methyl sites for hydroxylation is 1. The van der Waals surface area contributed by atoms with E-state index in [9.17, 15) is 0 Å². The van der Waals surface area contributed by atoms with E-state index in [2.05, 4.69) is 18.0 Å². The molecule has 0 aliphatic rings.